The summed E-state index contributed by atoms with van der Waals surface area (Å²) in [4.78, 5) is 66.4. The molecule has 2 N–H and O–H groups in total. The first-order valence-corrected chi connectivity index (χ1v) is 22.5. The van der Waals surface area contributed by atoms with Crippen LogP contribution < -0.4 is 10.6 Å². The van der Waals surface area contributed by atoms with Crippen molar-refractivity contribution in [1.29, 1.82) is 0 Å². The highest BCUT2D eigenvalue weighted by molar-refractivity contribution is 8.29. The summed E-state index contributed by atoms with van der Waals surface area (Å²) in [6.45, 7) is 4.95. The molecule has 4 heterocycles. The zero-order valence-electron chi connectivity index (χ0n) is 31.1. The van der Waals surface area contributed by atoms with E-state index in [2.05, 4.69) is 83.0 Å². The fourth-order valence-corrected chi connectivity index (χ4v) is 10.5. The van der Waals surface area contributed by atoms with Gasteiger partial charge in [-0.3, -0.25) is 29.0 Å². The van der Waals surface area contributed by atoms with Crippen LogP contribution in [0.3, 0.4) is 0 Å². The maximum absolute atomic E-state index is 13.4. The molecule has 0 bridgehead atoms. The summed E-state index contributed by atoms with van der Waals surface area (Å²) in [7, 11) is 0. The van der Waals surface area contributed by atoms with E-state index in [1.807, 2.05) is 0 Å². The van der Waals surface area contributed by atoms with E-state index in [-0.39, 0.29) is 23.6 Å². The lowest BCUT2D eigenvalue weighted by Gasteiger charge is -2.14. The highest BCUT2D eigenvalue weighted by atomic mass is 32.2. The lowest BCUT2D eigenvalue weighted by molar-refractivity contribution is -0.124. The Kier molecular flexibility index (Phi) is 15.0. The molecular formula is C40H42N6O4S6. The standard InChI is InChI=1S/C40H42N6O4S6/c1-25-11-15-27(16-12-25)21-29-23-41-37(53-29)43-31(47)9-5-3-7-19-45-35(49)33(55-39(45)51)34-36(50)46(40(52)56-34)20-8-4-6-10-32(48)44-38-42-24-30(54-38)22-28-17-13-26(2)14-18-28/h11-18,23-24H,3-10,19-22H2,1-2H3,(H,41,43,47)(H,42,44,48)/b34-33+. The third-order valence-electron chi connectivity index (χ3n) is 9.07. The monoisotopic (exact) mass is 862 g/mol. The second-order valence-corrected chi connectivity index (χ2v) is 19.1. The molecular weight excluding hydrogens is 821 g/mol. The number of aryl methyl sites for hydroxylation is 2. The molecule has 56 heavy (non-hydrogen) atoms. The number of carbonyl (C=O) groups is 4. The van der Waals surface area contributed by atoms with E-state index in [4.69, 9.17) is 24.4 Å². The van der Waals surface area contributed by atoms with Crippen LogP contribution in [-0.2, 0) is 32.0 Å². The van der Waals surface area contributed by atoms with Gasteiger partial charge in [-0.2, -0.15) is 0 Å². The summed E-state index contributed by atoms with van der Waals surface area (Å²) >= 11 is 16.3. The van der Waals surface area contributed by atoms with E-state index in [1.54, 1.807) is 12.4 Å². The fourth-order valence-electron chi connectivity index (χ4n) is 5.99. The molecule has 2 saturated heterocycles. The van der Waals surface area contributed by atoms with Crippen molar-refractivity contribution >= 4 is 113 Å². The van der Waals surface area contributed by atoms with Gasteiger partial charge in [-0.15, -0.1) is 22.7 Å². The van der Waals surface area contributed by atoms with Gasteiger partial charge in [0.15, 0.2) is 10.3 Å². The van der Waals surface area contributed by atoms with Crippen molar-refractivity contribution in [3.05, 3.63) is 103 Å². The lowest BCUT2D eigenvalue weighted by atomic mass is 10.1. The molecule has 2 aliphatic rings. The average Bonchev–Trinajstić information content (AvgIpc) is 3.94. The van der Waals surface area contributed by atoms with Gasteiger partial charge in [0.25, 0.3) is 11.8 Å². The fraction of sp³-hybridized carbons (Fsp3) is 0.350. The van der Waals surface area contributed by atoms with Crippen LogP contribution in [0.25, 0.3) is 0 Å². The number of rotatable bonds is 18. The number of amides is 4. The van der Waals surface area contributed by atoms with Gasteiger partial charge >= 0.3 is 0 Å². The Hall–Kier alpha value is -3.80. The van der Waals surface area contributed by atoms with Crippen LogP contribution in [0.2, 0.25) is 0 Å². The van der Waals surface area contributed by atoms with Crippen LogP contribution in [0.15, 0.2) is 70.7 Å². The van der Waals surface area contributed by atoms with Gasteiger partial charge in [-0.05, 0) is 50.7 Å². The first-order valence-electron chi connectivity index (χ1n) is 18.4. The molecule has 16 heteroatoms. The predicted octanol–water partition coefficient (Wildman–Crippen LogP) is 9.03. The third kappa shape index (κ3) is 11.6. The average molecular weight is 863 g/mol. The van der Waals surface area contributed by atoms with Gasteiger partial charge in [0.05, 0.1) is 9.81 Å². The van der Waals surface area contributed by atoms with Crippen LogP contribution in [0.1, 0.15) is 83.4 Å². The molecule has 2 aromatic carbocycles. The van der Waals surface area contributed by atoms with Gasteiger partial charge < -0.3 is 10.6 Å². The Morgan fingerprint density at radius 1 is 0.607 bits per heavy atom. The Labute approximate surface area is 354 Å². The molecule has 0 aliphatic carbocycles. The molecule has 6 rings (SSSR count). The number of nitrogens with one attached hydrogen (secondary N) is 2. The largest absolute Gasteiger partial charge is 0.302 e. The highest BCUT2D eigenvalue weighted by Crippen LogP contribution is 2.42. The van der Waals surface area contributed by atoms with Crippen molar-refractivity contribution in [1.82, 2.24) is 19.8 Å². The van der Waals surface area contributed by atoms with Gasteiger partial charge in [0.2, 0.25) is 11.8 Å². The second kappa shape index (κ2) is 20.1. The van der Waals surface area contributed by atoms with Crippen LogP contribution in [0, 0.1) is 13.8 Å². The molecule has 0 radical (unpaired) electrons. The molecule has 2 aromatic heterocycles. The van der Waals surface area contributed by atoms with Crippen LogP contribution >= 0.6 is 70.6 Å². The molecule has 4 amide bonds. The smallest absolute Gasteiger partial charge is 0.267 e. The number of carbonyl (C=O) groups excluding carboxylic acids is 4. The van der Waals surface area contributed by atoms with E-state index >= 15 is 0 Å². The van der Waals surface area contributed by atoms with Crippen LogP contribution in [-0.4, -0.2) is 65.1 Å². The molecule has 2 fully saturated rings. The molecule has 292 valence electrons. The number of hydrogen-bond donors (Lipinski definition) is 2. The minimum Gasteiger partial charge on any atom is -0.302 e. The minimum atomic E-state index is -0.281. The Bertz CT molecular complexity index is 1980. The van der Waals surface area contributed by atoms with Crippen molar-refractivity contribution in [3.63, 3.8) is 0 Å². The zero-order chi connectivity index (χ0) is 39.6. The summed E-state index contributed by atoms with van der Waals surface area (Å²) in [5, 5.41) is 6.98. The summed E-state index contributed by atoms with van der Waals surface area (Å²) in [6.07, 6.45) is 9.99. The van der Waals surface area contributed by atoms with Crippen molar-refractivity contribution in [3.8, 4) is 0 Å². The van der Waals surface area contributed by atoms with Crippen LogP contribution in [0.5, 0.6) is 0 Å². The number of anilines is 2. The summed E-state index contributed by atoms with van der Waals surface area (Å²) in [5.74, 6) is -0.738. The molecule has 10 nitrogen and oxygen atoms in total. The Morgan fingerprint density at radius 3 is 1.39 bits per heavy atom. The predicted molar refractivity (Wildman–Crippen MR) is 237 cm³/mol. The van der Waals surface area contributed by atoms with E-state index in [1.165, 1.54) is 54.7 Å². The second-order valence-electron chi connectivity index (χ2n) is 13.6. The van der Waals surface area contributed by atoms with Gasteiger partial charge in [-0.1, -0.05) is 120 Å². The molecule has 2 aliphatic heterocycles. The topological polar surface area (TPSA) is 125 Å². The quantitative estimate of drug-likeness (QED) is 0.0569. The van der Waals surface area contributed by atoms with Gasteiger partial charge in [0, 0.05) is 60.9 Å². The van der Waals surface area contributed by atoms with E-state index < -0.39 is 0 Å². The first-order chi connectivity index (χ1) is 27.0. The number of nitrogens with zero attached hydrogens (tertiary/aromatic N) is 4. The highest BCUT2D eigenvalue weighted by Gasteiger charge is 2.41. The van der Waals surface area contributed by atoms with Crippen LogP contribution in [0.4, 0.5) is 10.3 Å². The van der Waals surface area contributed by atoms with E-state index in [9.17, 15) is 19.2 Å². The normalized spacial score (nSPS) is 15.7. The van der Waals surface area contributed by atoms with Crippen molar-refractivity contribution in [2.75, 3.05) is 23.7 Å². The Balaban J connectivity index is 0.864. The minimum absolute atomic E-state index is 0.0884. The molecule has 0 saturated carbocycles. The van der Waals surface area contributed by atoms with E-state index in [0.717, 1.165) is 59.0 Å². The number of aromatic nitrogens is 2. The van der Waals surface area contributed by atoms with Crippen molar-refractivity contribution in [2.45, 2.75) is 78.1 Å². The maximum Gasteiger partial charge on any atom is 0.267 e. The number of hydrogen-bond acceptors (Lipinski definition) is 12. The molecule has 0 spiro atoms. The number of thioether (sulfide) groups is 2. The van der Waals surface area contributed by atoms with Gasteiger partial charge in [-0.25, -0.2) is 9.97 Å². The van der Waals surface area contributed by atoms with Gasteiger partial charge in [0.1, 0.15) is 8.64 Å². The summed E-state index contributed by atoms with van der Waals surface area (Å²) in [5.41, 5.74) is 4.84. The molecule has 0 atom stereocenters. The summed E-state index contributed by atoms with van der Waals surface area (Å²) in [6, 6.07) is 16.8. The SMILES string of the molecule is Cc1ccc(Cc2cnc(NC(=O)CCCCCN3C(=O)/C(=C4\SC(=S)N(CCCCCC(=O)Nc5ncc(Cc6ccc(C)cc6)s5)C4=O)SC3=S)s2)cc1. The van der Waals surface area contributed by atoms with Crippen molar-refractivity contribution < 1.29 is 19.2 Å². The first kappa shape index (κ1) is 41.8. The van der Waals surface area contributed by atoms with Crippen molar-refractivity contribution in [2.24, 2.45) is 0 Å². The number of unbranched alkanes of at least 4 members (excludes halogenated alkanes) is 4. The number of thiocarbonyl (C=S) groups is 2. The maximum atomic E-state index is 13.4. The lowest BCUT2D eigenvalue weighted by Crippen LogP contribution is -2.31. The van der Waals surface area contributed by atoms with E-state index in [0.29, 0.717) is 80.3 Å². The summed E-state index contributed by atoms with van der Waals surface area (Å²) < 4.78 is 0.827. The molecule has 4 aromatic rings. The molecule has 0 unspecified atom stereocenters. The zero-order valence-corrected chi connectivity index (χ0v) is 36.0. The third-order valence-corrected chi connectivity index (χ3v) is 13.9. The number of benzene rings is 2. The number of thiazole rings is 2. The Morgan fingerprint density at radius 2 is 1.00 bits per heavy atom.